The van der Waals surface area contributed by atoms with Gasteiger partial charge in [-0.1, -0.05) is 36.4 Å². The van der Waals surface area contributed by atoms with Crippen molar-refractivity contribution in [2.75, 3.05) is 7.05 Å². The number of amides is 1. The normalized spacial score (nSPS) is 11.6. The van der Waals surface area contributed by atoms with E-state index in [1.54, 1.807) is 30.3 Å². The number of nitrogens with zero attached hydrogens (tertiary/aromatic N) is 1. The number of likely N-dealkylation sites (N-methyl/N-ethyl adjacent to an activating group) is 1. The van der Waals surface area contributed by atoms with Crippen LogP contribution in [0.25, 0.3) is 0 Å². The van der Waals surface area contributed by atoms with Crippen LogP contribution in [0.3, 0.4) is 0 Å². The summed E-state index contributed by atoms with van der Waals surface area (Å²) in [5.74, 6) is -1.19. The number of allylic oxidation sites excluding steroid dienone is 1. The summed E-state index contributed by atoms with van der Waals surface area (Å²) in [5.41, 5.74) is 0.606. The summed E-state index contributed by atoms with van der Waals surface area (Å²) >= 11 is 0. The van der Waals surface area contributed by atoms with E-state index in [1.165, 1.54) is 11.9 Å². The number of unbranched alkanes of at least 4 members (excludes halogenated alkanes) is 1. The second-order valence-electron chi connectivity index (χ2n) is 4.34. The first kappa shape index (κ1) is 15.0. The molecular weight excluding hydrogens is 242 g/mol. The van der Waals surface area contributed by atoms with E-state index in [9.17, 15) is 14.7 Å². The lowest BCUT2D eigenvalue weighted by Crippen LogP contribution is -2.35. The molecule has 0 aliphatic heterocycles. The quantitative estimate of drug-likeness (QED) is 0.606. The summed E-state index contributed by atoms with van der Waals surface area (Å²) in [4.78, 5) is 24.6. The Kier molecular flexibility index (Phi) is 5.79. The van der Waals surface area contributed by atoms with Crippen LogP contribution in [0.15, 0.2) is 43.0 Å². The molecule has 0 radical (unpaired) electrons. The van der Waals surface area contributed by atoms with Crippen LogP contribution in [0.4, 0.5) is 0 Å². The third-order valence-corrected chi connectivity index (χ3v) is 2.93. The molecule has 0 fully saturated rings. The average Bonchev–Trinajstić information content (AvgIpc) is 2.39. The molecule has 1 rings (SSSR count). The van der Waals surface area contributed by atoms with Gasteiger partial charge in [0.1, 0.15) is 0 Å². The molecule has 19 heavy (non-hydrogen) atoms. The number of hydrogen-bond donors (Lipinski definition) is 1. The molecule has 0 saturated carbocycles. The number of hydrogen-bond acceptors (Lipinski definition) is 2. The van der Waals surface area contributed by atoms with Crippen LogP contribution < -0.4 is 0 Å². The summed E-state index contributed by atoms with van der Waals surface area (Å²) < 4.78 is 0. The minimum absolute atomic E-state index is 0.168. The first-order valence-corrected chi connectivity index (χ1v) is 6.22. The topological polar surface area (TPSA) is 57.6 Å². The molecule has 0 spiro atoms. The van der Waals surface area contributed by atoms with Crippen LogP contribution in [-0.2, 0) is 9.59 Å². The standard InChI is InChI=1S/C15H19NO3/c1-3-4-6-11-13(17)16(2)14(15(18)19)12-9-7-5-8-10-12/h3,5,7-10,14H,1,4,6,11H2,2H3,(H,18,19). The Labute approximate surface area is 113 Å². The molecule has 0 aliphatic carbocycles. The highest BCUT2D eigenvalue weighted by Gasteiger charge is 2.27. The Morgan fingerprint density at radius 1 is 1.37 bits per heavy atom. The zero-order valence-corrected chi connectivity index (χ0v) is 11.1. The van der Waals surface area contributed by atoms with Gasteiger partial charge in [-0.3, -0.25) is 4.79 Å². The zero-order valence-electron chi connectivity index (χ0n) is 11.1. The molecular formula is C15H19NO3. The van der Waals surface area contributed by atoms with Crippen molar-refractivity contribution >= 4 is 11.9 Å². The Hall–Kier alpha value is -2.10. The van der Waals surface area contributed by atoms with Crippen molar-refractivity contribution in [3.63, 3.8) is 0 Å². The number of carbonyl (C=O) groups is 2. The first-order valence-electron chi connectivity index (χ1n) is 6.22. The fourth-order valence-corrected chi connectivity index (χ4v) is 1.89. The van der Waals surface area contributed by atoms with E-state index in [0.29, 0.717) is 18.4 Å². The molecule has 0 saturated heterocycles. The maximum atomic E-state index is 12.0. The molecule has 1 atom stereocenters. The smallest absolute Gasteiger partial charge is 0.331 e. The van der Waals surface area contributed by atoms with Gasteiger partial charge in [0.15, 0.2) is 6.04 Å². The van der Waals surface area contributed by atoms with E-state index < -0.39 is 12.0 Å². The number of carboxylic acids is 1. The minimum atomic E-state index is -1.02. The van der Waals surface area contributed by atoms with Gasteiger partial charge in [-0.2, -0.15) is 0 Å². The fraction of sp³-hybridized carbons (Fsp3) is 0.333. The van der Waals surface area contributed by atoms with E-state index in [1.807, 2.05) is 6.07 Å². The fourth-order valence-electron chi connectivity index (χ4n) is 1.89. The molecule has 0 aromatic heterocycles. The first-order chi connectivity index (χ1) is 9.07. The Bertz CT molecular complexity index is 442. The summed E-state index contributed by atoms with van der Waals surface area (Å²) in [6.07, 6.45) is 3.52. The van der Waals surface area contributed by atoms with Crippen LogP contribution in [0, 0.1) is 0 Å². The lowest BCUT2D eigenvalue weighted by molar-refractivity contribution is -0.149. The van der Waals surface area contributed by atoms with Crippen molar-refractivity contribution in [1.82, 2.24) is 4.90 Å². The van der Waals surface area contributed by atoms with Gasteiger partial charge in [-0.25, -0.2) is 4.79 Å². The number of benzene rings is 1. The SMILES string of the molecule is C=CCCCC(=O)N(C)C(C(=O)O)c1ccccc1. The van der Waals surface area contributed by atoms with E-state index in [-0.39, 0.29) is 5.91 Å². The predicted molar refractivity (Wildman–Crippen MR) is 73.6 cm³/mol. The largest absolute Gasteiger partial charge is 0.479 e. The lowest BCUT2D eigenvalue weighted by atomic mass is 10.1. The number of rotatable bonds is 7. The third-order valence-electron chi connectivity index (χ3n) is 2.93. The van der Waals surface area contributed by atoms with E-state index in [4.69, 9.17) is 0 Å². The van der Waals surface area contributed by atoms with Crippen molar-refractivity contribution in [3.8, 4) is 0 Å². The van der Waals surface area contributed by atoms with Gasteiger partial charge >= 0.3 is 5.97 Å². The highest BCUT2D eigenvalue weighted by atomic mass is 16.4. The van der Waals surface area contributed by atoms with E-state index >= 15 is 0 Å². The monoisotopic (exact) mass is 261 g/mol. The minimum Gasteiger partial charge on any atom is -0.479 e. The molecule has 4 heteroatoms. The van der Waals surface area contributed by atoms with E-state index in [0.717, 1.165) is 6.42 Å². The lowest BCUT2D eigenvalue weighted by Gasteiger charge is -2.25. The molecule has 4 nitrogen and oxygen atoms in total. The average molecular weight is 261 g/mol. The van der Waals surface area contributed by atoms with Crippen LogP contribution in [-0.4, -0.2) is 28.9 Å². The van der Waals surface area contributed by atoms with Gasteiger partial charge in [-0.05, 0) is 18.4 Å². The van der Waals surface area contributed by atoms with Gasteiger partial charge in [0, 0.05) is 13.5 Å². The van der Waals surface area contributed by atoms with Crippen molar-refractivity contribution in [1.29, 1.82) is 0 Å². The van der Waals surface area contributed by atoms with E-state index in [2.05, 4.69) is 6.58 Å². The molecule has 1 amide bonds. The van der Waals surface area contributed by atoms with Gasteiger partial charge < -0.3 is 10.0 Å². The highest BCUT2D eigenvalue weighted by molar-refractivity contribution is 5.84. The number of aliphatic carboxylic acids is 1. The number of carbonyl (C=O) groups excluding carboxylic acids is 1. The van der Waals surface area contributed by atoms with Gasteiger partial charge in [0.05, 0.1) is 0 Å². The number of carboxylic acid groups (broad SMARTS) is 1. The molecule has 1 unspecified atom stereocenters. The highest BCUT2D eigenvalue weighted by Crippen LogP contribution is 2.20. The Morgan fingerprint density at radius 2 is 2.00 bits per heavy atom. The predicted octanol–water partition coefficient (Wildman–Crippen LogP) is 2.63. The summed E-state index contributed by atoms with van der Waals surface area (Å²) in [7, 11) is 1.53. The van der Waals surface area contributed by atoms with Gasteiger partial charge in [0.25, 0.3) is 0 Å². The molecule has 0 heterocycles. The van der Waals surface area contributed by atoms with Crippen LogP contribution >= 0.6 is 0 Å². The molecule has 1 aromatic carbocycles. The Morgan fingerprint density at radius 3 is 2.53 bits per heavy atom. The summed E-state index contributed by atoms with van der Waals surface area (Å²) in [5, 5.41) is 9.31. The van der Waals surface area contributed by atoms with Crippen molar-refractivity contribution in [3.05, 3.63) is 48.6 Å². The molecule has 1 N–H and O–H groups in total. The molecule has 102 valence electrons. The maximum absolute atomic E-state index is 12.0. The van der Waals surface area contributed by atoms with Crippen molar-refractivity contribution in [2.24, 2.45) is 0 Å². The van der Waals surface area contributed by atoms with Crippen LogP contribution in [0.1, 0.15) is 30.9 Å². The van der Waals surface area contributed by atoms with Gasteiger partial charge in [-0.15, -0.1) is 6.58 Å². The molecule has 1 aromatic rings. The van der Waals surface area contributed by atoms with Crippen LogP contribution in [0.5, 0.6) is 0 Å². The summed E-state index contributed by atoms with van der Waals surface area (Å²) in [6.45, 7) is 3.59. The summed E-state index contributed by atoms with van der Waals surface area (Å²) in [6, 6.07) is 7.84. The second kappa shape index (κ2) is 7.36. The van der Waals surface area contributed by atoms with Crippen LogP contribution in [0.2, 0.25) is 0 Å². The van der Waals surface area contributed by atoms with Crippen molar-refractivity contribution < 1.29 is 14.7 Å². The molecule has 0 aliphatic rings. The zero-order chi connectivity index (χ0) is 14.3. The second-order valence-corrected chi connectivity index (χ2v) is 4.34. The molecule has 0 bridgehead atoms. The third kappa shape index (κ3) is 4.25. The Balaban J connectivity index is 2.79. The maximum Gasteiger partial charge on any atom is 0.331 e. The van der Waals surface area contributed by atoms with Gasteiger partial charge in [0.2, 0.25) is 5.91 Å². The van der Waals surface area contributed by atoms with Crippen molar-refractivity contribution in [2.45, 2.75) is 25.3 Å².